The number of hydrogen-bond acceptors (Lipinski definition) is 5. The molecule has 0 saturated carbocycles. The molecule has 0 bridgehead atoms. The van der Waals surface area contributed by atoms with Crippen LogP contribution < -0.4 is 10.6 Å². The summed E-state index contributed by atoms with van der Waals surface area (Å²) in [5.74, 6) is -0.877. The number of benzene rings is 2. The van der Waals surface area contributed by atoms with E-state index in [1.807, 2.05) is 31.2 Å². The zero-order valence-electron chi connectivity index (χ0n) is 17.2. The van der Waals surface area contributed by atoms with Crippen molar-refractivity contribution in [3.63, 3.8) is 0 Å². The van der Waals surface area contributed by atoms with Crippen LogP contribution >= 0.6 is 11.3 Å². The van der Waals surface area contributed by atoms with Gasteiger partial charge >= 0.3 is 0 Å². The minimum absolute atomic E-state index is 0.165. The number of thiophene rings is 1. The number of anilines is 1. The van der Waals surface area contributed by atoms with E-state index in [1.54, 1.807) is 35.7 Å². The first kappa shape index (κ1) is 22.7. The third kappa shape index (κ3) is 5.78. The quantitative estimate of drug-likeness (QED) is 0.543. The minimum atomic E-state index is -3.74. The summed E-state index contributed by atoms with van der Waals surface area (Å²) in [4.78, 5) is 25.1. The van der Waals surface area contributed by atoms with Crippen molar-refractivity contribution in [3.8, 4) is 0 Å². The summed E-state index contributed by atoms with van der Waals surface area (Å²) in [6, 6.07) is 17.5. The van der Waals surface area contributed by atoms with Gasteiger partial charge in [-0.15, -0.1) is 11.3 Å². The molecule has 0 aliphatic heterocycles. The smallest absolute Gasteiger partial charge is 0.253 e. The summed E-state index contributed by atoms with van der Waals surface area (Å²) in [7, 11) is -2.40. The van der Waals surface area contributed by atoms with Crippen LogP contribution in [0.25, 0.3) is 0 Å². The highest BCUT2D eigenvalue weighted by molar-refractivity contribution is 7.91. The molecule has 0 aliphatic carbocycles. The Kier molecular flexibility index (Phi) is 7.21. The lowest BCUT2D eigenvalue weighted by Crippen LogP contribution is -2.35. The third-order valence-corrected chi connectivity index (χ3v) is 7.72. The van der Waals surface area contributed by atoms with Gasteiger partial charge in [-0.3, -0.25) is 9.59 Å². The van der Waals surface area contributed by atoms with E-state index >= 15 is 0 Å². The van der Waals surface area contributed by atoms with Crippen molar-refractivity contribution in [3.05, 3.63) is 82.7 Å². The zero-order chi connectivity index (χ0) is 22.4. The summed E-state index contributed by atoms with van der Waals surface area (Å²) >= 11 is 1.09. The van der Waals surface area contributed by atoms with Gasteiger partial charge in [0.1, 0.15) is 4.21 Å². The summed E-state index contributed by atoms with van der Waals surface area (Å²) in [6.07, 6.45) is 0. The third-order valence-electron chi connectivity index (χ3n) is 4.55. The molecule has 31 heavy (non-hydrogen) atoms. The van der Waals surface area contributed by atoms with Gasteiger partial charge in [-0.05, 0) is 36.1 Å². The van der Waals surface area contributed by atoms with E-state index in [9.17, 15) is 18.0 Å². The van der Waals surface area contributed by atoms with Gasteiger partial charge in [0, 0.05) is 13.6 Å². The van der Waals surface area contributed by atoms with Crippen molar-refractivity contribution in [1.29, 1.82) is 0 Å². The fourth-order valence-electron chi connectivity index (χ4n) is 2.81. The number of hydrogen-bond donors (Lipinski definition) is 2. The highest BCUT2D eigenvalue weighted by Gasteiger charge is 2.24. The van der Waals surface area contributed by atoms with Crippen LogP contribution in [0.1, 0.15) is 21.5 Å². The van der Waals surface area contributed by atoms with Gasteiger partial charge in [0.2, 0.25) is 5.91 Å². The molecule has 1 heterocycles. The van der Waals surface area contributed by atoms with Gasteiger partial charge in [-0.1, -0.05) is 48.0 Å². The second kappa shape index (κ2) is 9.86. The molecule has 2 N–H and O–H groups in total. The molecule has 0 spiro atoms. The van der Waals surface area contributed by atoms with Crippen LogP contribution in [0.5, 0.6) is 0 Å². The van der Waals surface area contributed by atoms with E-state index < -0.39 is 15.9 Å². The number of likely N-dealkylation sites (N-methyl/N-ethyl adjacent to an activating group) is 1. The number of amides is 2. The Morgan fingerprint density at radius 1 is 1.00 bits per heavy atom. The fourth-order valence-corrected chi connectivity index (χ4v) is 5.14. The maximum atomic E-state index is 12.7. The van der Waals surface area contributed by atoms with Gasteiger partial charge < -0.3 is 10.6 Å². The normalized spacial score (nSPS) is 11.3. The largest absolute Gasteiger partial charge is 0.348 e. The molecule has 162 valence electrons. The van der Waals surface area contributed by atoms with E-state index in [0.29, 0.717) is 17.8 Å². The lowest BCUT2D eigenvalue weighted by molar-refractivity contribution is -0.116. The molecule has 0 radical (unpaired) electrons. The average molecular weight is 458 g/mol. The molecule has 0 aliphatic rings. The Morgan fingerprint density at radius 3 is 2.39 bits per heavy atom. The number of carbonyl (C=O) groups excluding carboxylic acids is 2. The molecule has 3 rings (SSSR count). The topological polar surface area (TPSA) is 95.6 Å². The van der Waals surface area contributed by atoms with Crippen molar-refractivity contribution in [2.45, 2.75) is 17.7 Å². The number of carbonyl (C=O) groups is 2. The number of nitrogens with one attached hydrogen (secondary N) is 2. The number of aryl methyl sites for hydroxylation is 1. The number of para-hydroxylation sites is 1. The Bertz CT molecular complexity index is 1160. The van der Waals surface area contributed by atoms with Crippen LogP contribution in [0.3, 0.4) is 0 Å². The van der Waals surface area contributed by atoms with Crippen molar-refractivity contribution in [2.75, 3.05) is 18.9 Å². The SMILES string of the molecule is Cc1ccc(CNC(=O)c2ccccc2NC(=O)CN(C)S(=O)(=O)c2cccs2)cc1. The summed E-state index contributed by atoms with van der Waals surface area (Å²) in [6.45, 7) is 1.97. The molecule has 2 amide bonds. The summed E-state index contributed by atoms with van der Waals surface area (Å²) in [5, 5.41) is 7.14. The summed E-state index contributed by atoms with van der Waals surface area (Å²) in [5.41, 5.74) is 2.71. The minimum Gasteiger partial charge on any atom is -0.348 e. The molecule has 0 saturated heterocycles. The molecule has 0 atom stereocenters. The maximum absolute atomic E-state index is 12.7. The van der Waals surface area contributed by atoms with Crippen LogP contribution in [0.4, 0.5) is 5.69 Å². The van der Waals surface area contributed by atoms with Gasteiger partial charge in [-0.2, -0.15) is 4.31 Å². The van der Waals surface area contributed by atoms with Crippen molar-refractivity contribution in [2.24, 2.45) is 0 Å². The molecule has 1 aromatic heterocycles. The lowest BCUT2D eigenvalue weighted by Gasteiger charge is -2.17. The van der Waals surface area contributed by atoms with E-state index in [4.69, 9.17) is 0 Å². The predicted molar refractivity (Wildman–Crippen MR) is 122 cm³/mol. The molecule has 9 heteroatoms. The first-order chi connectivity index (χ1) is 14.8. The van der Waals surface area contributed by atoms with Crippen LogP contribution in [0, 0.1) is 6.92 Å². The molecule has 2 aromatic carbocycles. The standard InChI is InChI=1S/C22H23N3O4S2/c1-16-9-11-17(12-10-16)14-23-22(27)18-6-3-4-7-19(18)24-20(26)15-25(2)31(28,29)21-8-5-13-30-21/h3-13H,14-15H2,1-2H3,(H,23,27)(H,24,26). The Morgan fingerprint density at radius 2 is 1.71 bits per heavy atom. The molecule has 0 unspecified atom stereocenters. The van der Waals surface area contributed by atoms with E-state index in [1.165, 1.54) is 13.1 Å². The maximum Gasteiger partial charge on any atom is 0.253 e. The van der Waals surface area contributed by atoms with Gasteiger partial charge in [0.15, 0.2) is 0 Å². The summed E-state index contributed by atoms with van der Waals surface area (Å²) < 4.78 is 26.1. The second-order valence-corrected chi connectivity index (χ2v) is 10.2. The number of rotatable bonds is 8. The Labute approximate surface area is 185 Å². The molecule has 3 aromatic rings. The van der Waals surface area contributed by atoms with Crippen LogP contribution in [0.2, 0.25) is 0 Å². The fraction of sp³-hybridized carbons (Fsp3) is 0.182. The van der Waals surface area contributed by atoms with E-state index in [-0.39, 0.29) is 16.7 Å². The number of sulfonamides is 1. The predicted octanol–water partition coefficient (Wildman–Crippen LogP) is 3.25. The van der Waals surface area contributed by atoms with Gasteiger partial charge in [0.25, 0.3) is 15.9 Å². The van der Waals surface area contributed by atoms with Gasteiger partial charge in [0.05, 0.1) is 17.8 Å². The zero-order valence-corrected chi connectivity index (χ0v) is 18.8. The van der Waals surface area contributed by atoms with E-state index in [0.717, 1.165) is 26.8 Å². The first-order valence-electron chi connectivity index (χ1n) is 9.50. The molecule has 0 fully saturated rings. The monoisotopic (exact) mass is 457 g/mol. The second-order valence-electron chi connectivity index (χ2n) is 6.96. The van der Waals surface area contributed by atoms with Gasteiger partial charge in [-0.25, -0.2) is 8.42 Å². The van der Waals surface area contributed by atoms with E-state index in [2.05, 4.69) is 10.6 Å². The lowest BCUT2D eigenvalue weighted by atomic mass is 10.1. The van der Waals surface area contributed by atoms with Crippen LogP contribution in [-0.2, 0) is 21.4 Å². The number of nitrogens with zero attached hydrogens (tertiary/aromatic N) is 1. The van der Waals surface area contributed by atoms with Crippen LogP contribution in [0.15, 0.2) is 70.3 Å². The van der Waals surface area contributed by atoms with Crippen molar-refractivity contribution in [1.82, 2.24) is 9.62 Å². The first-order valence-corrected chi connectivity index (χ1v) is 11.8. The Hall–Kier alpha value is -3.01. The van der Waals surface area contributed by atoms with Crippen molar-refractivity contribution >= 4 is 38.9 Å². The molecular formula is C22H23N3O4S2. The molecule has 7 nitrogen and oxygen atoms in total. The highest BCUT2D eigenvalue weighted by atomic mass is 32.2. The molecular weight excluding hydrogens is 434 g/mol. The highest BCUT2D eigenvalue weighted by Crippen LogP contribution is 2.20. The Balaban J connectivity index is 1.65. The van der Waals surface area contributed by atoms with Crippen molar-refractivity contribution < 1.29 is 18.0 Å². The van der Waals surface area contributed by atoms with Crippen LogP contribution in [-0.4, -0.2) is 38.1 Å². The average Bonchev–Trinajstić information content (AvgIpc) is 3.29.